The molecule has 0 bridgehead atoms. The Morgan fingerprint density at radius 1 is 1.53 bits per heavy atom. The minimum atomic E-state index is -0.959. The molecule has 1 saturated heterocycles. The van der Waals surface area contributed by atoms with E-state index >= 15 is 0 Å². The number of rotatable bonds is 7. The molecule has 0 aliphatic carbocycles. The van der Waals surface area contributed by atoms with Crippen LogP contribution in [0.5, 0.6) is 0 Å². The Kier molecular flexibility index (Phi) is 5.97. The first-order valence-corrected chi connectivity index (χ1v) is 6.73. The molecule has 0 amide bonds. The molecule has 1 heterocycles. The zero-order chi connectivity index (χ0) is 14.5. The van der Waals surface area contributed by atoms with Crippen molar-refractivity contribution in [3.05, 3.63) is 12.2 Å². The second-order valence-electron chi connectivity index (χ2n) is 4.82. The van der Waals surface area contributed by atoms with Gasteiger partial charge < -0.3 is 19.3 Å². The smallest absolute Gasteiger partial charge is 0.333 e. The van der Waals surface area contributed by atoms with Gasteiger partial charge in [0.05, 0.1) is 6.61 Å². The lowest BCUT2D eigenvalue weighted by molar-refractivity contribution is -0.167. The van der Waals surface area contributed by atoms with Crippen LogP contribution in [0.4, 0.5) is 0 Å². The third kappa shape index (κ3) is 4.03. The molecule has 0 aromatic heterocycles. The molecule has 0 aromatic rings. The molecule has 0 unspecified atom stereocenters. The highest BCUT2D eigenvalue weighted by Gasteiger charge is 2.37. The summed E-state index contributed by atoms with van der Waals surface area (Å²) in [5.74, 6) is -1.66. The van der Waals surface area contributed by atoms with Crippen molar-refractivity contribution in [2.75, 3.05) is 13.7 Å². The molecule has 5 nitrogen and oxygen atoms in total. The van der Waals surface area contributed by atoms with Crippen molar-refractivity contribution in [1.29, 1.82) is 0 Å². The van der Waals surface area contributed by atoms with Crippen LogP contribution in [0.15, 0.2) is 12.2 Å². The summed E-state index contributed by atoms with van der Waals surface area (Å²) in [5.41, 5.74) is 0. The number of hydrogen-bond acceptors (Lipinski definition) is 4. The summed E-state index contributed by atoms with van der Waals surface area (Å²) >= 11 is 0. The zero-order valence-corrected chi connectivity index (χ0v) is 12.1. The Bertz CT molecular complexity index is 322. The Balaban J connectivity index is 2.56. The summed E-state index contributed by atoms with van der Waals surface area (Å²) in [7, 11) is 1.40. The van der Waals surface area contributed by atoms with Crippen molar-refractivity contribution in [2.45, 2.75) is 51.6 Å². The quantitative estimate of drug-likeness (QED) is 0.720. The van der Waals surface area contributed by atoms with E-state index in [2.05, 4.69) is 0 Å². The van der Waals surface area contributed by atoms with E-state index in [0.717, 1.165) is 12.8 Å². The van der Waals surface area contributed by atoms with Gasteiger partial charge in [-0.1, -0.05) is 32.9 Å². The van der Waals surface area contributed by atoms with E-state index in [4.69, 9.17) is 19.3 Å². The predicted molar refractivity (Wildman–Crippen MR) is 70.9 cm³/mol. The van der Waals surface area contributed by atoms with Crippen LogP contribution in [0.25, 0.3) is 0 Å². The predicted octanol–water partition coefficient (Wildman–Crippen LogP) is 2.21. The van der Waals surface area contributed by atoms with Gasteiger partial charge in [0.25, 0.3) is 0 Å². The molecule has 1 N–H and O–H groups in total. The number of aliphatic carboxylic acids is 1. The van der Waals surface area contributed by atoms with E-state index in [1.54, 1.807) is 0 Å². The fourth-order valence-corrected chi connectivity index (χ4v) is 2.23. The largest absolute Gasteiger partial charge is 0.479 e. The first-order valence-electron chi connectivity index (χ1n) is 6.73. The second kappa shape index (κ2) is 7.03. The van der Waals surface area contributed by atoms with Gasteiger partial charge in [-0.25, -0.2) is 4.79 Å². The van der Waals surface area contributed by atoms with Crippen molar-refractivity contribution >= 4 is 5.97 Å². The van der Waals surface area contributed by atoms with Gasteiger partial charge >= 0.3 is 5.97 Å². The number of carboxylic acids is 1. The van der Waals surface area contributed by atoms with Crippen LogP contribution in [-0.4, -0.2) is 42.8 Å². The maximum absolute atomic E-state index is 10.9. The molecule has 1 aliphatic rings. The van der Waals surface area contributed by atoms with Crippen molar-refractivity contribution < 1.29 is 24.1 Å². The molecule has 0 spiro atoms. The Morgan fingerprint density at radius 3 is 2.58 bits per heavy atom. The van der Waals surface area contributed by atoms with Crippen LogP contribution >= 0.6 is 0 Å². The maximum Gasteiger partial charge on any atom is 0.333 e. The standard InChI is InChI=1S/C14H24O5/c1-5-14(6-2)18-9-11(19-14)8-7-10(3)12(17-4)13(15)16/h7-8,10-12H,5-6,9H2,1-4H3,(H,15,16)/b8-7+/t10-,11-,12+/m0/s1. The average Bonchev–Trinajstić information content (AvgIpc) is 2.81. The lowest BCUT2D eigenvalue weighted by Gasteiger charge is -2.24. The molecule has 0 radical (unpaired) electrons. The Morgan fingerprint density at radius 2 is 2.16 bits per heavy atom. The van der Waals surface area contributed by atoms with E-state index in [1.165, 1.54) is 7.11 Å². The third-order valence-corrected chi connectivity index (χ3v) is 3.56. The van der Waals surface area contributed by atoms with Crippen molar-refractivity contribution in [1.82, 2.24) is 0 Å². The van der Waals surface area contributed by atoms with Crippen LogP contribution in [0.3, 0.4) is 0 Å². The third-order valence-electron chi connectivity index (χ3n) is 3.56. The van der Waals surface area contributed by atoms with E-state index in [-0.39, 0.29) is 12.0 Å². The van der Waals surface area contributed by atoms with Crippen molar-refractivity contribution in [3.8, 4) is 0 Å². The number of carbonyl (C=O) groups is 1. The zero-order valence-electron chi connectivity index (χ0n) is 12.1. The lowest BCUT2D eigenvalue weighted by Crippen LogP contribution is -2.29. The monoisotopic (exact) mass is 272 g/mol. The average molecular weight is 272 g/mol. The van der Waals surface area contributed by atoms with Gasteiger partial charge in [-0.3, -0.25) is 0 Å². The Labute approximate surface area is 114 Å². The van der Waals surface area contributed by atoms with Crippen molar-refractivity contribution in [2.24, 2.45) is 5.92 Å². The van der Waals surface area contributed by atoms with Crippen LogP contribution in [0, 0.1) is 5.92 Å². The summed E-state index contributed by atoms with van der Waals surface area (Å²) in [4.78, 5) is 10.9. The van der Waals surface area contributed by atoms with Gasteiger partial charge in [0, 0.05) is 13.0 Å². The molecule has 0 saturated carbocycles. The SMILES string of the molecule is CCC1(CC)OC[C@H](/C=C/[C@H](C)[C@@H](OC)C(=O)O)O1. The summed E-state index contributed by atoms with van der Waals surface area (Å²) in [6.07, 6.45) is 4.34. The first kappa shape index (κ1) is 16.1. The molecular formula is C14H24O5. The van der Waals surface area contributed by atoms with Crippen LogP contribution in [0.2, 0.25) is 0 Å². The van der Waals surface area contributed by atoms with E-state index in [0.29, 0.717) is 6.61 Å². The number of ether oxygens (including phenoxy) is 3. The summed E-state index contributed by atoms with van der Waals surface area (Å²) < 4.78 is 16.5. The van der Waals surface area contributed by atoms with Crippen LogP contribution in [0.1, 0.15) is 33.6 Å². The fourth-order valence-electron chi connectivity index (χ4n) is 2.23. The van der Waals surface area contributed by atoms with Gasteiger partial charge in [-0.15, -0.1) is 0 Å². The van der Waals surface area contributed by atoms with Crippen LogP contribution in [-0.2, 0) is 19.0 Å². The van der Waals surface area contributed by atoms with Gasteiger partial charge in [0.15, 0.2) is 11.9 Å². The summed E-state index contributed by atoms with van der Waals surface area (Å²) in [6.45, 7) is 6.38. The minimum absolute atomic E-state index is 0.117. The van der Waals surface area contributed by atoms with E-state index < -0.39 is 17.9 Å². The van der Waals surface area contributed by atoms with Gasteiger partial charge in [0.2, 0.25) is 0 Å². The molecule has 1 fully saturated rings. The minimum Gasteiger partial charge on any atom is -0.479 e. The van der Waals surface area contributed by atoms with Crippen LogP contribution < -0.4 is 0 Å². The fraction of sp³-hybridized carbons (Fsp3) is 0.786. The molecular weight excluding hydrogens is 248 g/mol. The highest BCUT2D eigenvalue weighted by atomic mass is 16.7. The maximum atomic E-state index is 10.9. The molecule has 0 aromatic carbocycles. The molecule has 1 aliphatic heterocycles. The molecule has 110 valence electrons. The summed E-state index contributed by atoms with van der Waals surface area (Å²) in [6, 6.07) is 0. The van der Waals surface area contributed by atoms with E-state index in [1.807, 2.05) is 32.9 Å². The number of methoxy groups -OCH3 is 1. The normalized spacial score (nSPS) is 25.6. The summed E-state index contributed by atoms with van der Waals surface area (Å²) in [5, 5.41) is 8.98. The van der Waals surface area contributed by atoms with Gasteiger partial charge in [-0.05, 0) is 12.8 Å². The second-order valence-corrected chi connectivity index (χ2v) is 4.82. The topological polar surface area (TPSA) is 65.0 Å². The molecule has 5 heteroatoms. The molecule has 1 rings (SSSR count). The highest BCUT2D eigenvalue weighted by Crippen LogP contribution is 2.30. The lowest BCUT2D eigenvalue weighted by atomic mass is 10.0. The number of hydrogen-bond donors (Lipinski definition) is 1. The highest BCUT2D eigenvalue weighted by molar-refractivity contribution is 5.72. The van der Waals surface area contributed by atoms with Crippen molar-refractivity contribution in [3.63, 3.8) is 0 Å². The number of carboxylic acid groups (broad SMARTS) is 1. The van der Waals surface area contributed by atoms with Gasteiger partial charge in [-0.2, -0.15) is 0 Å². The molecule has 3 atom stereocenters. The first-order chi connectivity index (χ1) is 8.98. The van der Waals surface area contributed by atoms with E-state index in [9.17, 15) is 4.79 Å². The van der Waals surface area contributed by atoms with Gasteiger partial charge in [0.1, 0.15) is 6.10 Å². The Hall–Kier alpha value is -0.910. The molecule has 19 heavy (non-hydrogen) atoms.